The van der Waals surface area contributed by atoms with E-state index in [0.29, 0.717) is 5.92 Å². The van der Waals surface area contributed by atoms with Crippen LogP contribution in [0.4, 0.5) is 10.8 Å². The summed E-state index contributed by atoms with van der Waals surface area (Å²) in [6.45, 7) is 4.43. The van der Waals surface area contributed by atoms with Crippen molar-refractivity contribution in [3.05, 3.63) is 83.6 Å². The molecule has 0 radical (unpaired) electrons. The zero-order chi connectivity index (χ0) is 21.2. The monoisotopic (exact) mass is 443 g/mol. The van der Waals surface area contributed by atoms with Crippen LogP contribution in [-0.4, -0.2) is 19.5 Å². The minimum Gasteiger partial charge on any atom is -0.332 e. The normalized spacial score (nSPS) is 11.2. The molecular formula is C24H21N5S2. The van der Waals surface area contributed by atoms with E-state index in [2.05, 4.69) is 65.9 Å². The maximum atomic E-state index is 4.96. The van der Waals surface area contributed by atoms with E-state index in [-0.39, 0.29) is 0 Å². The van der Waals surface area contributed by atoms with Crippen molar-refractivity contribution in [1.29, 1.82) is 0 Å². The zero-order valence-corrected chi connectivity index (χ0v) is 18.8. The molecule has 0 amide bonds. The number of thiazole rings is 2. The van der Waals surface area contributed by atoms with E-state index in [1.165, 1.54) is 4.88 Å². The highest BCUT2D eigenvalue weighted by atomic mass is 32.1. The minimum atomic E-state index is 0.409. The maximum Gasteiger partial charge on any atom is 0.187 e. The first-order valence-electron chi connectivity index (χ1n) is 10.0. The molecule has 5 nitrogen and oxygen atoms in total. The Morgan fingerprint density at radius 3 is 2.48 bits per heavy atom. The zero-order valence-electron chi connectivity index (χ0n) is 17.2. The second-order valence-electron chi connectivity index (χ2n) is 7.43. The lowest BCUT2D eigenvalue weighted by Crippen LogP contribution is -1.92. The molecule has 0 saturated heterocycles. The molecule has 0 bridgehead atoms. The summed E-state index contributed by atoms with van der Waals surface area (Å²) in [7, 11) is 0. The summed E-state index contributed by atoms with van der Waals surface area (Å²) < 4.78 is 1.98. The third-order valence-corrected chi connectivity index (χ3v) is 7.01. The predicted octanol–water partition coefficient (Wildman–Crippen LogP) is 6.99. The third kappa shape index (κ3) is 4.15. The van der Waals surface area contributed by atoms with Gasteiger partial charge >= 0.3 is 0 Å². The molecule has 3 heterocycles. The van der Waals surface area contributed by atoms with Crippen LogP contribution in [-0.2, 0) is 0 Å². The molecule has 0 spiro atoms. The van der Waals surface area contributed by atoms with Crippen molar-refractivity contribution in [3.63, 3.8) is 0 Å². The van der Waals surface area contributed by atoms with Crippen LogP contribution in [0.15, 0.2) is 78.7 Å². The maximum absolute atomic E-state index is 4.96. The van der Waals surface area contributed by atoms with Crippen LogP contribution in [0, 0.1) is 0 Å². The van der Waals surface area contributed by atoms with Gasteiger partial charge in [0.15, 0.2) is 5.13 Å². The first-order valence-corrected chi connectivity index (χ1v) is 11.7. The van der Waals surface area contributed by atoms with Crippen LogP contribution in [0.5, 0.6) is 0 Å². The summed E-state index contributed by atoms with van der Waals surface area (Å²) in [5.41, 5.74) is 5.20. The minimum absolute atomic E-state index is 0.409. The SMILES string of the molecule is CC(C)c1sc(-c2csc(Nc3ccc(-n4ccnc4)cc3)n2)nc1-c1ccccc1. The van der Waals surface area contributed by atoms with Crippen LogP contribution in [0.25, 0.3) is 27.6 Å². The fourth-order valence-corrected chi connectivity index (χ4v) is 5.16. The number of anilines is 2. The van der Waals surface area contributed by atoms with Crippen molar-refractivity contribution in [3.8, 4) is 27.6 Å². The highest BCUT2D eigenvalue weighted by Crippen LogP contribution is 2.39. The van der Waals surface area contributed by atoms with Gasteiger partial charge in [-0.05, 0) is 30.2 Å². The van der Waals surface area contributed by atoms with Gasteiger partial charge in [-0.25, -0.2) is 15.0 Å². The Bertz CT molecular complexity index is 1270. The van der Waals surface area contributed by atoms with Gasteiger partial charge in [0.1, 0.15) is 10.7 Å². The summed E-state index contributed by atoms with van der Waals surface area (Å²) in [4.78, 5) is 15.1. The Kier molecular flexibility index (Phi) is 5.36. The van der Waals surface area contributed by atoms with Gasteiger partial charge in [0.05, 0.1) is 12.0 Å². The Balaban J connectivity index is 1.38. The lowest BCUT2D eigenvalue weighted by molar-refractivity contribution is 0.888. The number of nitrogens with zero attached hydrogens (tertiary/aromatic N) is 4. The van der Waals surface area contributed by atoms with Crippen molar-refractivity contribution in [2.24, 2.45) is 0 Å². The number of benzene rings is 2. The molecule has 5 rings (SSSR count). The van der Waals surface area contributed by atoms with Gasteiger partial charge in [-0.2, -0.15) is 0 Å². The molecule has 0 unspecified atom stereocenters. The smallest absolute Gasteiger partial charge is 0.187 e. The molecule has 0 atom stereocenters. The molecule has 0 fully saturated rings. The van der Waals surface area contributed by atoms with Crippen LogP contribution in [0.3, 0.4) is 0 Å². The quantitative estimate of drug-likeness (QED) is 0.307. The Morgan fingerprint density at radius 2 is 1.77 bits per heavy atom. The summed E-state index contributed by atoms with van der Waals surface area (Å²) in [6.07, 6.45) is 5.49. The summed E-state index contributed by atoms with van der Waals surface area (Å²) in [5, 5.41) is 7.29. The highest BCUT2D eigenvalue weighted by molar-refractivity contribution is 7.17. The van der Waals surface area contributed by atoms with E-state index in [4.69, 9.17) is 9.97 Å². The second-order valence-corrected chi connectivity index (χ2v) is 9.32. The highest BCUT2D eigenvalue weighted by Gasteiger charge is 2.18. The van der Waals surface area contributed by atoms with E-state index >= 15 is 0 Å². The number of hydrogen-bond donors (Lipinski definition) is 1. The summed E-state index contributed by atoms with van der Waals surface area (Å²) in [5.74, 6) is 0.409. The molecule has 154 valence electrons. The van der Waals surface area contributed by atoms with E-state index in [1.54, 1.807) is 35.2 Å². The van der Waals surface area contributed by atoms with Crippen LogP contribution in [0.1, 0.15) is 24.6 Å². The van der Waals surface area contributed by atoms with E-state index < -0.39 is 0 Å². The summed E-state index contributed by atoms with van der Waals surface area (Å²) >= 11 is 3.32. The number of rotatable bonds is 6. The van der Waals surface area contributed by atoms with Crippen molar-refractivity contribution < 1.29 is 0 Å². The standard InChI is InChI=1S/C24H21N5S2/c1-16(2)22-21(17-6-4-3-5-7-17)28-23(31-22)20-14-30-24(27-20)26-18-8-10-19(11-9-18)29-13-12-25-15-29/h3-16H,1-2H3,(H,26,27). The largest absolute Gasteiger partial charge is 0.332 e. The molecule has 2 aromatic carbocycles. The van der Waals surface area contributed by atoms with Crippen molar-refractivity contribution in [1.82, 2.24) is 19.5 Å². The number of nitrogens with one attached hydrogen (secondary N) is 1. The van der Waals surface area contributed by atoms with Gasteiger partial charge in [-0.3, -0.25) is 0 Å². The third-order valence-electron chi connectivity index (χ3n) is 4.87. The predicted molar refractivity (Wildman–Crippen MR) is 130 cm³/mol. The lowest BCUT2D eigenvalue weighted by Gasteiger charge is -2.05. The molecule has 0 aliphatic carbocycles. The molecule has 0 aliphatic heterocycles. The van der Waals surface area contributed by atoms with Gasteiger partial charge < -0.3 is 9.88 Å². The lowest BCUT2D eigenvalue weighted by atomic mass is 10.1. The molecule has 7 heteroatoms. The number of aromatic nitrogens is 4. The van der Waals surface area contributed by atoms with E-state index in [9.17, 15) is 0 Å². The van der Waals surface area contributed by atoms with Crippen molar-refractivity contribution in [2.75, 3.05) is 5.32 Å². The first kappa shape index (κ1) is 19.7. The van der Waals surface area contributed by atoms with Gasteiger partial charge in [-0.1, -0.05) is 44.2 Å². The molecular weight excluding hydrogens is 422 g/mol. The summed E-state index contributed by atoms with van der Waals surface area (Å²) in [6, 6.07) is 18.6. The van der Waals surface area contributed by atoms with Crippen LogP contribution in [0.2, 0.25) is 0 Å². The molecule has 1 N–H and O–H groups in total. The van der Waals surface area contributed by atoms with Gasteiger partial charge in [0, 0.05) is 39.6 Å². The molecule has 3 aromatic heterocycles. The number of hydrogen-bond acceptors (Lipinski definition) is 6. The van der Waals surface area contributed by atoms with Gasteiger partial charge in [-0.15, -0.1) is 22.7 Å². The molecule has 0 saturated carbocycles. The van der Waals surface area contributed by atoms with Crippen LogP contribution >= 0.6 is 22.7 Å². The molecule has 0 aliphatic rings. The van der Waals surface area contributed by atoms with Gasteiger partial charge in [0.25, 0.3) is 0 Å². The van der Waals surface area contributed by atoms with Crippen molar-refractivity contribution >= 4 is 33.5 Å². The van der Waals surface area contributed by atoms with Crippen molar-refractivity contribution in [2.45, 2.75) is 19.8 Å². The fourth-order valence-electron chi connectivity index (χ4n) is 3.32. The Morgan fingerprint density at radius 1 is 0.968 bits per heavy atom. The average molecular weight is 444 g/mol. The molecule has 5 aromatic rings. The Hall–Kier alpha value is -3.29. The van der Waals surface area contributed by atoms with E-state index in [1.807, 2.05) is 29.0 Å². The van der Waals surface area contributed by atoms with Gasteiger partial charge in [0.2, 0.25) is 0 Å². The topological polar surface area (TPSA) is 55.6 Å². The fraction of sp³-hybridized carbons (Fsp3) is 0.125. The van der Waals surface area contributed by atoms with E-state index in [0.717, 1.165) is 38.5 Å². The first-order chi connectivity index (χ1) is 15.2. The average Bonchev–Trinajstić information content (AvgIpc) is 3.55. The Labute approximate surface area is 189 Å². The second kappa shape index (κ2) is 8.45. The number of imidazole rings is 1. The van der Waals surface area contributed by atoms with Crippen LogP contribution < -0.4 is 5.32 Å². The molecule has 31 heavy (non-hydrogen) atoms.